The Labute approximate surface area is 155 Å². The van der Waals surface area contributed by atoms with Crippen molar-refractivity contribution in [3.8, 4) is 11.5 Å². The van der Waals surface area contributed by atoms with Crippen molar-refractivity contribution in [3.63, 3.8) is 0 Å². The van der Waals surface area contributed by atoms with E-state index in [0.717, 1.165) is 0 Å². The van der Waals surface area contributed by atoms with Crippen LogP contribution in [-0.4, -0.2) is 35.3 Å². The Morgan fingerprint density at radius 1 is 1.21 bits per heavy atom. The van der Waals surface area contributed by atoms with Crippen molar-refractivity contribution in [2.45, 2.75) is 6.04 Å². The van der Waals surface area contributed by atoms with E-state index in [1.54, 1.807) is 30.3 Å². The number of nitro groups is 1. The van der Waals surface area contributed by atoms with Crippen LogP contribution in [0.1, 0.15) is 17.2 Å². The molecule has 2 N–H and O–H groups in total. The number of tetrazole rings is 1. The van der Waals surface area contributed by atoms with Gasteiger partial charge in [-0.3, -0.25) is 14.9 Å². The third-order valence-electron chi connectivity index (χ3n) is 4.45. The Kier molecular flexibility index (Phi) is 3.31. The first kappa shape index (κ1) is 15.9. The molecule has 0 spiro atoms. The number of nitrogens with zero attached hydrogens (tertiary/aromatic N) is 6. The third kappa shape index (κ3) is 2.21. The predicted molar refractivity (Wildman–Crippen MR) is 94.0 cm³/mol. The highest BCUT2D eigenvalue weighted by Crippen LogP contribution is 2.43. The van der Waals surface area contributed by atoms with E-state index in [1.165, 1.54) is 17.0 Å². The second-order valence-corrected chi connectivity index (χ2v) is 5.96. The van der Waals surface area contributed by atoms with E-state index in [2.05, 4.69) is 31.0 Å². The number of fused-ring (bicyclic) bond motifs is 2. The summed E-state index contributed by atoms with van der Waals surface area (Å²) in [6.07, 6.45) is 1.47. The molecule has 1 aliphatic heterocycles. The van der Waals surface area contributed by atoms with Crippen molar-refractivity contribution < 1.29 is 9.34 Å². The fourth-order valence-corrected chi connectivity index (χ4v) is 3.31. The normalized spacial score (nSPS) is 14.8. The molecule has 0 bridgehead atoms. The average molecular weight is 378 g/mol. The maximum Gasteiger partial charge on any atom is 0.288 e. The molecule has 0 saturated carbocycles. The number of hydrogen-bond donors (Lipinski definition) is 2. The number of furan rings is 1. The Balaban J connectivity index is 1.87. The Morgan fingerprint density at radius 2 is 2.07 bits per heavy atom. The van der Waals surface area contributed by atoms with Gasteiger partial charge >= 0.3 is 0 Å². The molecule has 28 heavy (non-hydrogen) atoms. The molecule has 0 fully saturated rings. The van der Waals surface area contributed by atoms with Gasteiger partial charge in [0.1, 0.15) is 17.4 Å². The lowest BCUT2D eigenvalue weighted by Gasteiger charge is -2.27. The summed E-state index contributed by atoms with van der Waals surface area (Å²) in [5, 5.41) is 32.5. The third-order valence-corrected chi connectivity index (χ3v) is 4.45. The van der Waals surface area contributed by atoms with Crippen LogP contribution in [0.2, 0.25) is 0 Å². The molecule has 0 saturated heterocycles. The standard InChI is InChI=1S/C16H10N8O4/c25-15-13-11(12(18-19-15)10-6-3-7-28-10)14(23-16(17-13)20-21-22-23)8-4-1-2-5-9(8)24(26)27/h1-7,14H,(H,19,25)(H,17,20,22)/t14-/m1/s1. The van der Waals surface area contributed by atoms with Crippen molar-refractivity contribution in [2.75, 3.05) is 5.32 Å². The summed E-state index contributed by atoms with van der Waals surface area (Å²) < 4.78 is 6.82. The number of anilines is 2. The minimum absolute atomic E-state index is 0.132. The summed E-state index contributed by atoms with van der Waals surface area (Å²) in [4.78, 5) is 23.6. The zero-order valence-corrected chi connectivity index (χ0v) is 13.9. The van der Waals surface area contributed by atoms with Crippen LogP contribution >= 0.6 is 0 Å². The summed E-state index contributed by atoms with van der Waals surface area (Å²) in [5.74, 6) is 0.562. The molecule has 12 nitrogen and oxygen atoms in total. The number of H-pyrrole nitrogens is 1. The van der Waals surface area contributed by atoms with Gasteiger partial charge < -0.3 is 9.73 Å². The molecule has 1 atom stereocenters. The van der Waals surface area contributed by atoms with Gasteiger partial charge in [0.15, 0.2) is 5.76 Å². The van der Waals surface area contributed by atoms with E-state index < -0.39 is 16.5 Å². The van der Waals surface area contributed by atoms with Crippen molar-refractivity contribution >= 4 is 17.3 Å². The molecule has 1 aromatic carbocycles. The first-order chi connectivity index (χ1) is 13.6. The molecule has 4 heterocycles. The van der Waals surface area contributed by atoms with Gasteiger partial charge in [-0.25, -0.2) is 5.10 Å². The van der Waals surface area contributed by atoms with E-state index in [1.807, 2.05) is 0 Å². The van der Waals surface area contributed by atoms with Gasteiger partial charge in [-0.05, 0) is 28.6 Å². The van der Waals surface area contributed by atoms with Gasteiger partial charge in [-0.2, -0.15) is 9.78 Å². The Bertz CT molecular complexity index is 1260. The minimum atomic E-state index is -0.863. The number of para-hydroxylation sites is 1. The molecule has 3 aromatic heterocycles. The molecular formula is C16H10N8O4. The fraction of sp³-hybridized carbons (Fsp3) is 0.0625. The zero-order valence-electron chi connectivity index (χ0n) is 13.9. The second kappa shape index (κ2) is 5.84. The molecule has 0 amide bonds. The minimum Gasteiger partial charge on any atom is -0.463 e. The van der Waals surface area contributed by atoms with Crippen molar-refractivity contribution in [1.82, 2.24) is 30.4 Å². The van der Waals surface area contributed by atoms with E-state index >= 15 is 0 Å². The molecule has 0 unspecified atom stereocenters. The quantitative estimate of drug-likeness (QED) is 0.351. The molecule has 5 rings (SSSR count). The molecule has 4 aromatic rings. The first-order valence-electron chi connectivity index (χ1n) is 8.10. The van der Waals surface area contributed by atoms with Crippen LogP contribution in [0, 0.1) is 10.1 Å². The van der Waals surface area contributed by atoms with Crippen molar-refractivity contribution in [2.24, 2.45) is 0 Å². The van der Waals surface area contributed by atoms with Crippen LogP contribution in [0.15, 0.2) is 51.9 Å². The van der Waals surface area contributed by atoms with Crippen LogP contribution in [0.4, 0.5) is 17.3 Å². The Hall–Kier alpha value is -4.35. The van der Waals surface area contributed by atoms with Gasteiger partial charge in [-0.15, -0.1) is 0 Å². The lowest BCUT2D eigenvalue weighted by Crippen LogP contribution is -2.29. The van der Waals surface area contributed by atoms with Crippen molar-refractivity contribution in [3.05, 3.63) is 74.3 Å². The smallest absolute Gasteiger partial charge is 0.288 e. The number of nitro benzene ring substituents is 1. The van der Waals surface area contributed by atoms with Gasteiger partial charge in [0, 0.05) is 11.6 Å². The number of nitrogens with one attached hydrogen (secondary N) is 2. The average Bonchev–Trinajstić information content (AvgIpc) is 3.39. The molecular weight excluding hydrogens is 368 g/mol. The van der Waals surface area contributed by atoms with Gasteiger partial charge in [0.2, 0.25) is 5.95 Å². The zero-order chi connectivity index (χ0) is 19.3. The predicted octanol–water partition coefficient (Wildman–Crippen LogP) is 1.62. The van der Waals surface area contributed by atoms with Crippen LogP contribution in [-0.2, 0) is 0 Å². The monoisotopic (exact) mass is 378 g/mol. The SMILES string of the molecule is O=c1[nH]nc(-c2ccco2)c2c1Nc1nnnn1[C@@H]2c1ccccc1[N+](=O)[O-]. The van der Waals surface area contributed by atoms with Crippen LogP contribution < -0.4 is 10.9 Å². The van der Waals surface area contributed by atoms with Crippen molar-refractivity contribution in [1.29, 1.82) is 0 Å². The summed E-state index contributed by atoms with van der Waals surface area (Å²) in [6.45, 7) is 0. The van der Waals surface area contributed by atoms with E-state index in [9.17, 15) is 14.9 Å². The first-order valence-corrected chi connectivity index (χ1v) is 8.10. The van der Waals surface area contributed by atoms with E-state index in [4.69, 9.17) is 4.42 Å². The highest BCUT2D eigenvalue weighted by Gasteiger charge is 2.37. The number of rotatable bonds is 3. The number of aromatic amines is 1. The molecule has 12 heteroatoms. The number of hydrogen-bond acceptors (Lipinski definition) is 9. The molecule has 0 aliphatic carbocycles. The van der Waals surface area contributed by atoms with E-state index in [0.29, 0.717) is 22.6 Å². The van der Waals surface area contributed by atoms with Crippen LogP contribution in [0.3, 0.4) is 0 Å². The van der Waals surface area contributed by atoms with Gasteiger partial charge in [0.25, 0.3) is 11.2 Å². The van der Waals surface area contributed by atoms with E-state index in [-0.39, 0.29) is 17.3 Å². The molecule has 1 aliphatic rings. The highest BCUT2D eigenvalue weighted by molar-refractivity contribution is 5.74. The maximum atomic E-state index is 12.5. The highest BCUT2D eigenvalue weighted by atomic mass is 16.6. The lowest BCUT2D eigenvalue weighted by molar-refractivity contribution is -0.385. The number of benzene rings is 1. The largest absolute Gasteiger partial charge is 0.463 e. The van der Waals surface area contributed by atoms with Gasteiger partial charge in [-0.1, -0.05) is 17.2 Å². The summed E-state index contributed by atoms with van der Waals surface area (Å²) in [6, 6.07) is 8.69. The summed E-state index contributed by atoms with van der Waals surface area (Å²) >= 11 is 0. The summed E-state index contributed by atoms with van der Waals surface area (Å²) in [5.41, 5.74) is 0.496. The molecule has 0 radical (unpaired) electrons. The maximum absolute atomic E-state index is 12.5. The second-order valence-electron chi connectivity index (χ2n) is 5.96. The fourth-order valence-electron chi connectivity index (χ4n) is 3.31. The van der Waals surface area contributed by atoms with Gasteiger partial charge in [0.05, 0.1) is 16.7 Å². The van der Waals surface area contributed by atoms with Crippen LogP contribution in [0.5, 0.6) is 0 Å². The molecule has 138 valence electrons. The van der Waals surface area contributed by atoms with Crippen LogP contribution in [0.25, 0.3) is 11.5 Å². The topological polar surface area (TPSA) is 158 Å². The summed E-state index contributed by atoms with van der Waals surface area (Å²) in [7, 11) is 0. The number of aromatic nitrogens is 6. The Morgan fingerprint density at radius 3 is 2.86 bits per heavy atom. The lowest BCUT2D eigenvalue weighted by atomic mass is 9.93.